The number of nitrogens with zero attached hydrogens (tertiary/aromatic N) is 2. The number of ether oxygens (including phenoxy) is 1. The Morgan fingerprint density at radius 1 is 1.19 bits per heavy atom. The maximum absolute atomic E-state index is 12.3. The molecule has 0 aromatic heterocycles. The molecule has 1 aliphatic heterocycles. The predicted octanol–water partition coefficient (Wildman–Crippen LogP) is 3.16. The van der Waals surface area contributed by atoms with Gasteiger partial charge in [0.25, 0.3) is 5.69 Å². The molecule has 2 aromatic rings. The molecule has 0 aliphatic carbocycles. The number of hydrogen-bond acceptors (Lipinski definition) is 6. The lowest BCUT2D eigenvalue weighted by Gasteiger charge is -2.30. The second kappa shape index (κ2) is 8.68. The molecule has 7 nitrogen and oxygen atoms in total. The van der Waals surface area contributed by atoms with Crippen LogP contribution in [0.2, 0.25) is 0 Å². The highest BCUT2D eigenvalue weighted by Crippen LogP contribution is 2.31. The summed E-state index contributed by atoms with van der Waals surface area (Å²) in [5, 5.41) is 14.0. The minimum Gasteiger partial charge on any atom is -0.378 e. The number of non-ortho nitro benzene ring substituents is 1. The molecule has 0 unspecified atom stereocenters. The highest BCUT2D eigenvalue weighted by Gasteiger charge is 2.19. The SMILES string of the molecule is O=C(CSc1ccccc1)Nc1ccc([N+](=O)[O-])cc1N1CCOCC1. The maximum Gasteiger partial charge on any atom is 0.271 e. The first-order valence-electron chi connectivity index (χ1n) is 8.22. The van der Waals surface area contributed by atoms with Gasteiger partial charge in [0, 0.05) is 30.1 Å². The molecule has 0 atom stereocenters. The Morgan fingerprint density at radius 3 is 2.62 bits per heavy atom. The van der Waals surface area contributed by atoms with Gasteiger partial charge in [0.05, 0.1) is 35.3 Å². The normalized spacial score (nSPS) is 14.1. The van der Waals surface area contributed by atoms with Gasteiger partial charge in [-0.1, -0.05) is 18.2 Å². The van der Waals surface area contributed by atoms with E-state index in [1.165, 1.54) is 23.9 Å². The molecular formula is C18H19N3O4S. The molecule has 26 heavy (non-hydrogen) atoms. The van der Waals surface area contributed by atoms with E-state index < -0.39 is 4.92 Å². The lowest BCUT2D eigenvalue weighted by atomic mass is 10.2. The molecule has 1 fully saturated rings. The summed E-state index contributed by atoms with van der Waals surface area (Å²) < 4.78 is 5.34. The third-order valence-corrected chi connectivity index (χ3v) is 4.94. The minimum atomic E-state index is -0.430. The Hall–Kier alpha value is -2.58. The van der Waals surface area contributed by atoms with E-state index in [1.807, 2.05) is 35.2 Å². The van der Waals surface area contributed by atoms with Crippen LogP contribution in [-0.4, -0.2) is 42.9 Å². The Kier molecular flexibility index (Phi) is 6.08. The second-order valence-electron chi connectivity index (χ2n) is 5.71. The van der Waals surface area contributed by atoms with Crippen molar-refractivity contribution in [2.45, 2.75) is 4.90 Å². The van der Waals surface area contributed by atoms with Gasteiger partial charge in [0.15, 0.2) is 0 Å². The smallest absolute Gasteiger partial charge is 0.271 e. The molecule has 0 spiro atoms. The van der Waals surface area contributed by atoms with Gasteiger partial charge in [-0.05, 0) is 18.2 Å². The van der Waals surface area contributed by atoms with E-state index in [2.05, 4.69) is 5.32 Å². The van der Waals surface area contributed by atoms with Crippen molar-refractivity contribution in [3.8, 4) is 0 Å². The van der Waals surface area contributed by atoms with Crippen LogP contribution in [0.5, 0.6) is 0 Å². The van der Waals surface area contributed by atoms with Crippen LogP contribution in [0.25, 0.3) is 0 Å². The fourth-order valence-electron chi connectivity index (χ4n) is 2.66. The van der Waals surface area contributed by atoms with Gasteiger partial charge in [-0.2, -0.15) is 0 Å². The number of benzene rings is 2. The first-order chi connectivity index (χ1) is 12.6. The van der Waals surface area contributed by atoms with Crippen molar-refractivity contribution in [3.63, 3.8) is 0 Å². The number of hydrogen-bond donors (Lipinski definition) is 1. The van der Waals surface area contributed by atoms with Crippen molar-refractivity contribution >= 4 is 34.7 Å². The average molecular weight is 373 g/mol. The minimum absolute atomic E-state index is 0.00292. The van der Waals surface area contributed by atoms with Gasteiger partial charge >= 0.3 is 0 Å². The largest absolute Gasteiger partial charge is 0.378 e. The fraction of sp³-hybridized carbons (Fsp3) is 0.278. The fourth-order valence-corrected chi connectivity index (χ4v) is 3.38. The number of amides is 1. The average Bonchev–Trinajstić information content (AvgIpc) is 2.68. The number of nitro benzene ring substituents is 1. The monoisotopic (exact) mass is 373 g/mol. The molecule has 3 rings (SSSR count). The van der Waals surface area contributed by atoms with Gasteiger partial charge in [-0.15, -0.1) is 11.8 Å². The summed E-state index contributed by atoms with van der Waals surface area (Å²) in [4.78, 5) is 26.0. The van der Waals surface area contributed by atoms with Crippen molar-refractivity contribution in [1.29, 1.82) is 0 Å². The number of nitrogens with one attached hydrogen (secondary N) is 1. The first kappa shape index (κ1) is 18.2. The second-order valence-corrected chi connectivity index (χ2v) is 6.76. The van der Waals surface area contributed by atoms with Gasteiger partial charge in [-0.3, -0.25) is 14.9 Å². The molecule has 1 amide bonds. The Labute approximate surface area is 155 Å². The number of nitro groups is 1. The Morgan fingerprint density at radius 2 is 1.92 bits per heavy atom. The number of morpholine rings is 1. The van der Waals surface area contributed by atoms with Crippen LogP contribution in [0.15, 0.2) is 53.4 Å². The number of carbonyl (C=O) groups excluding carboxylic acids is 1. The molecule has 0 saturated carbocycles. The number of rotatable bonds is 6. The number of anilines is 2. The van der Waals surface area contributed by atoms with Gasteiger partial charge in [-0.25, -0.2) is 0 Å². The predicted molar refractivity (Wildman–Crippen MR) is 102 cm³/mol. The summed E-state index contributed by atoms with van der Waals surface area (Å²) in [6, 6.07) is 14.2. The lowest BCUT2D eigenvalue weighted by Crippen LogP contribution is -2.36. The zero-order valence-corrected chi connectivity index (χ0v) is 14.9. The third kappa shape index (κ3) is 4.74. The summed E-state index contributed by atoms with van der Waals surface area (Å²) in [7, 11) is 0. The van der Waals surface area contributed by atoms with Crippen LogP contribution in [-0.2, 0) is 9.53 Å². The van der Waals surface area contributed by atoms with Gasteiger partial charge in [0.2, 0.25) is 5.91 Å². The number of thioether (sulfide) groups is 1. The summed E-state index contributed by atoms with van der Waals surface area (Å²) in [6.45, 7) is 2.37. The van der Waals surface area contributed by atoms with Gasteiger partial charge in [0.1, 0.15) is 0 Å². The summed E-state index contributed by atoms with van der Waals surface area (Å²) in [5.41, 5.74) is 1.24. The molecule has 136 valence electrons. The molecule has 1 saturated heterocycles. The molecule has 2 aromatic carbocycles. The summed E-state index contributed by atoms with van der Waals surface area (Å²) >= 11 is 1.44. The molecule has 0 radical (unpaired) electrons. The molecule has 1 aliphatic rings. The van der Waals surface area contributed by atoms with Crippen molar-refractivity contribution < 1.29 is 14.5 Å². The number of carbonyl (C=O) groups is 1. The van der Waals surface area contributed by atoms with Crippen molar-refractivity contribution in [2.75, 3.05) is 42.3 Å². The molecule has 1 N–H and O–H groups in total. The quantitative estimate of drug-likeness (QED) is 0.476. The maximum atomic E-state index is 12.3. The van der Waals surface area contributed by atoms with Crippen LogP contribution in [0.1, 0.15) is 0 Å². The van der Waals surface area contributed by atoms with Crippen molar-refractivity contribution in [1.82, 2.24) is 0 Å². The Balaban J connectivity index is 1.73. The zero-order chi connectivity index (χ0) is 18.4. The van der Waals surface area contributed by atoms with E-state index >= 15 is 0 Å². The van der Waals surface area contributed by atoms with Crippen LogP contribution in [0.3, 0.4) is 0 Å². The highest BCUT2D eigenvalue weighted by molar-refractivity contribution is 8.00. The van der Waals surface area contributed by atoms with E-state index in [0.29, 0.717) is 37.7 Å². The van der Waals surface area contributed by atoms with Crippen LogP contribution in [0.4, 0.5) is 17.1 Å². The molecule has 0 bridgehead atoms. The van der Waals surface area contributed by atoms with E-state index in [-0.39, 0.29) is 17.3 Å². The van der Waals surface area contributed by atoms with E-state index in [0.717, 1.165) is 4.90 Å². The standard InChI is InChI=1S/C18H19N3O4S/c22-18(13-26-15-4-2-1-3-5-15)19-16-7-6-14(21(23)24)12-17(16)20-8-10-25-11-9-20/h1-7,12H,8-11,13H2,(H,19,22). The topological polar surface area (TPSA) is 84.7 Å². The molecule has 8 heteroatoms. The van der Waals surface area contributed by atoms with Crippen LogP contribution >= 0.6 is 11.8 Å². The van der Waals surface area contributed by atoms with E-state index in [9.17, 15) is 14.9 Å². The third-order valence-electron chi connectivity index (χ3n) is 3.93. The van der Waals surface area contributed by atoms with Crippen molar-refractivity contribution in [3.05, 3.63) is 58.6 Å². The Bertz CT molecular complexity index is 779. The van der Waals surface area contributed by atoms with E-state index in [4.69, 9.17) is 4.74 Å². The molecule has 1 heterocycles. The van der Waals surface area contributed by atoms with Crippen molar-refractivity contribution in [2.24, 2.45) is 0 Å². The van der Waals surface area contributed by atoms with Gasteiger partial charge < -0.3 is 15.0 Å². The van der Waals surface area contributed by atoms with Crippen LogP contribution < -0.4 is 10.2 Å². The summed E-state index contributed by atoms with van der Waals surface area (Å²) in [6.07, 6.45) is 0. The zero-order valence-electron chi connectivity index (χ0n) is 14.1. The highest BCUT2D eigenvalue weighted by atomic mass is 32.2. The van der Waals surface area contributed by atoms with E-state index in [1.54, 1.807) is 6.07 Å². The summed E-state index contributed by atoms with van der Waals surface area (Å²) in [5.74, 6) is 0.117. The van der Waals surface area contributed by atoms with Crippen LogP contribution in [0, 0.1) is 10.1 Å². The molecular weight excluding hydrogens is 354 g/mol. The first-order valence-corrected chi connectivity index (χ1v) is 9.21. The lowest BCUT2D eigenvalue weighted by molar-refractivity contribution is -0.384.